The molecule has 0 saturated heterocycles. The Kier molecular flexibility index (Phi) is 3.93. The Morgan fingerprint density at radius 2 is 2.00 bits per heavy atom. The number of hydrogen-bond acceptors (Lipinski definition) is 5. The van der Waals surface area contributed by atoms with E-state index in [-0.39, 0.29) is 23.2 Å². The minimum Gasteiger partial charge on any atom is -0.396 e. The van der Waals surface area contributed by atoms with Crippen molar-refractivity contribution >= 4 is 17.4 Å². The fourth-order valence-corrected chi connectivity index (χ4v) is 1.58. The highest BCUT2D eigenvalue weighted by Crippen LogP contribution is 2.15. The summed E-state index contributed by atoms with van der Waals surface area (Å²) in [5, 5.41) is 2.67. The highest BCUT2D eigenvalue weighted by atomic mass is 16.2. The molecule has 0 saturated carbocycles. The Hall–Kier alpha value is -2.50. The van der Waals surface area contributed by atoms with Crippen molar-refractivity contribution in [3.05, 3.63) is 41.6 Å². The van der Waals surface area contributed by atoms with Gasteiger partial charge in [0.15, 0.2) is 5.69 Å². The minimum atomic E-state index is -0.386. The van der Waals surface area contributed by atoms with Gasteiger partial charge in [0.2, 0.25) is 0 Å². The second-order valence-corrected chi connectivity index (χ2v) is 4.86. The molecule has 0 bridgehead atoms. The fourth-order valence-electron chi connectivity index (χ4n) is 1.58. The third-order valence-corrected chi connectivity index (χ3v) is 2.72. The highest BCUT2D eigenvalue weighted by molar-refractivity contribution is 6.05. The number of nitrogens with two attached hydrogens (primary N) is 1. The summed E-state index contributed by atoms with van der Waals surface area (Å²) in [5.41, 5.74) is 7.20. The summed E-state index contributed by atoms with van der Waals surface area (Å²) < 4.78 is 0. The first-order valence-electron chi connectivity index (χ1n) is 6.34. The number of pyridine rings is 1. The molecule has 0 radical (unpaired) electrons. The van der Waals surface area contributed by atoms with Crippen LogP contribution in [0, 0.1) is 6.92 Å². The van der Waals surface area contributed by atoms with Crippen molar-refractivity contribution < 1.29 is 4.79 Å². The van der Waals surface area contributed by atoms with Crippen molar-refractivity contribution in [3.8, 4) is 0 Å². The van der Waals surface area contributed by atoms with Gasteiger partial charge in [0.1, 0.15) is 11.6 Å². The average Bonchev–Trinajstić information content (AvgIpc) is 2.41. The van der Waals surface area contributed by atoms with Gasteiger partial charge in [-0.3, -0.25) is 4.79 Å². The topological polar surface area (TPSA) is 93.8 Å². The Labute approximate surface area is 117 Å². The molecule has 0 spiro atoms. The minimum absolute atomic E-state index is 0.125. The van der Waals surface area contributed by atoms with Crippen molar-refractivity contribution in [1.29, 1.82) is 0 Å². The third-order valence-electron chi connectivity index (χ3n) is 2.72. The predicted molar refractivity (Wildman–Crippen MR) is 77.5 cm³/mol. The van der Waals surface area contributed by atoms with Gasteiger partial charge >= 0.3 is 0 Å². The number of carbonyl (C=O) groups excluding carboxylic acids is 1. The number of nitrogen functional groups attached to an aromatic ring is 1. The van der Waals surface area contributed by atoms with Crippen molar-refractivity contribution in [1.82, 2.24) is 15.0 Å². The molecular formula is C14H17N5O. The Balaban J connectivity index is 2.24. The molecule has 104 valence electrons. The van der Waals surface area contributed by atoms with Crippen molar-refractivity contribution in [2.24, 2.45) is 0 Å². The van der Waals surface area contributed by atoms with E-state index in [2.05, 4.69) is 20.3 Å². The molecule has 1 amide bonds. The second kappa shape index (κ2) is 5.64. The first-order chi connectivity index (χ1) is 9.47. The first kappa shape index (κ1) is 13.9. The molecule has 20 heavy (non-hydrogen) atoms. The fraction of sp³-hybridized carbons (Fsp3) is 0.286. The molecule has 2 rings (SSSR count). The van der Waals surface area contributed by atoms with Gasteiger partial charge in [-0.05, 0) is 18.6 Å². The molecule has 6 nitrogen and oxygen atoms in total. The van der Waals surface area contributed by atoms with E-state index in [1.165, 1.54) is 6.20 Å². The van der Waals surface area contributed by atoms with Gasteiger partial charge in [-0.25, -0.2) is 15.0 Å². The summed E-state index contributed by atoms with van der Waals surface area (Å²) in [5.74, 6) is 0.786. The molecule has 2 heterocycles. The van der Waals surface area contributed by atoms with E-state index >= 15 is 0 Å². The van der Waals surface area contributed by atoms with E-state index in [1.807, 2.05) is 26.8 Å². The lowest BCUT2D eigenvalue weighted by molar-refractivity contribution is 0.102. The SMILES string of the molecule is Cc1ccc(NC(=O)c2nc(C(C)C)ncc2N)nc1. The zero-order valence-electron chi connectivity index (χ0n) is 11.7. The summed E-state index contributed by atoms with van der Waals surface area (Å²) in [6.45, 7) is 5.83. The first-order valence-corrected chi connectivity index (χ1v) is 6.34. The molecule has 6 heteroatoms. The van der Waals surface area contributed by atoms with E-state index in [0.717, 1.165) is 5.56 Å². The van der Waals surface area contributed by atoms with Crippen LogP contribution >= 0.6 is 0 Å². The van der Waals surface area contributed by atoms with E-state index in [1.54, 1.807) is 12.3 Å². The maximum absolute atomic E-state index is 12.2. The van der Waals surface area contributed by atoms with Crippen LogP contribution in [-0.4, -0.2) is 20.9 Å². The number of hydrogen-bond donors (Lipinski definition) is 2. The van der Waals surface area contributed by atoms with Crippen LogP contribution in [-0.2, 0) is 0 Å². The van der Waals surface area contributed by atoms with Gasteiger partial charge in [-0.2, -0.15) is 0 Å². The van der Waals surface area contributed by atoms with Crippen LogP contribution in [0.5, 0.6) is 0 Å². The number of nitrogens with zero attached hydrogens (tertiary/aromatic N) is 3. The summed E-state index contributed by atoms with van der Waals surface area (Å²) >= 11 is 0. The second-order valence-electron chi connectivity index (χ2n) is 4.86. The number of anilines is 2. The Morgan fingerprint density at radius 1 is 1.25 bits per heavy atom. The van der Waals surface area contributed by atoms with Crippen LogP contribution in [0.4, 0.5) is 11.5 Å². The van der Waals surface area contributed by atoms with Crippen LogP contribution < -0.4 is 11.1 Å². The lowest BCUT2D eigenvalue weighted by Gasteiger charge is -2.09. The predicted octanol–water partition coefficient (Wildman–Crippen LogP) is 2.14. The molecule has 0 aliphatic heterocycles. The number of aryl methyl sites for hydroxylation is 1. The Morgan fingerprint density at radius 3 is 2.60 bits per heavy atom. The van der Waals surface area contributed by atoms with Crippen molar-refractivity contribution in [2.45, 2.75) is 26.7 Å². The lowest BCUT2D eigenvalue weighted by Crippen LogP contribution is -2.18. The molecule has 0 atom stereocenters. The molecule has 2 aromatic heterocycles. The maximum atomic E-state index is 12.2. The molecule has 0 unspecified atom stereocenters. The van der Waals surface area contributed by atoms with Gasteiger partial charge in [0.05, 0.1) is 11.9 Å². The molecule has 0 aromatic carbocycles. The van der Waals surface area contributed by atoms with Crippen LogP contribution in [0.3, 0.4) is 0 Å². The normalized spacial score (nSPS) is 10.6. The molecule has 0 aliphatic carbocycles. The third kappa shape index (κ3) is 3.09. The number of nitrogens with one attached hydrogen (secondary N) is 1. The van der Waals surface area contributed by atoms with E-state index < -0.39 is 0 Å². The number of rotatable bonds is 3. The highest BCUT2D eigenvalue weighted by Gasteiger charge is 2.15. The van der Waals surface area contributed by atoms with Crippen LogP contribution in [0.25, 0.3) is 0 Å². The summed E-state index contributed by atoms with van der Waals surface area (Å²) in [6.07, 6.45) is 3.14. The van der Waals surface area contributed by atoms with Crippen molar-refractivity contribution in [3.63, 3.8) is 0 Å². The van der Waals surface area contributed by atoms with Gasteiger partial charge in [0.25, 0.3) is 5.91 Å². The number of aromatic nitrogens is 3. The standard InChI is InChI=1S/C14H17N5O/c1-8(2)13-17-7-10(15)12(19-13)14(20)18-11-5-4-9(3)6-16-11/h4-8H,15H2,1-3H3,(H,16,18,20). The molecule has 0 fully saturated rings. The zero-order valence-corrected chi connectivity index (χ0v) is 11.7. The zero-order chi connectivity index (χ0) is 14.7. The Bertz CT molecular complexity index is 622. The van der Waals surface area contributed by atoms with E-state index in [4.69, 9.17) is 5.73 Å². The van der Waals surface area contributed by atoms with Gasteiger partial charge in [-0.1, -0.05) is 19.9 Å². The average molecular weight is 271 g/mol. The van der Waals surface area contributed by atoms with Crippen LogP contribution in [0.1, 0.15) is 41.6 Å². The number of amides is 1. The van der Waals surface area contributed by atoms with Crippen LogP contribution in [0.15, 0.2) is 24.5 Å². The van der Waals surface area contributed by atoms with Gasteiger partial charge in [-0.15, -0.1) is 0 Å². The largest absolute Gasteiger partial charge is 0.396 e. The lowest BCUT2D eigenvalue weighted by atomic mass is 10.2. The monoisotopic (exact) mass is 271 g/mol. The maximum Gasteiger partial charge on any atom is 0.277 e. The smallest absolute Gasteiger partial charge is 0.277 e. The molecule has 3 N–H and O–H groups in total. The summed E-state index contributed by atoms with van der Waals surface area (Å²) in [7, 11) is 0. The van der Waals surface area contributed by atoms with Gasteiger partial charge < -0.3 is 11.1 Å². The van der Waals surface area contributed by atoms with E-state index in [0.29, 0.717) is 11.6 Å². The van der Waals surface area contributed by atoms with Crippen LogP contribution in [0.2, 0.25) is 0 Å². The quantitative estimate of drug-likeness (QED) is 0.892. The van der Waals surface area contributed by atoms with Gasteiger partial charge in [0, 0.05) is 12.1 Å². The number of carbonyl (C=O) groups is 1. The summed E-state index contributed by atoms with van der Waals surface area (Å²) in [4.78, 5) is 24.6. The summed E-state index contributed by atoms with van der Waals surface area (Å²) in [6, 6.07) is 3.60. The van der Waals surface area contributed by atoms with E-state index in [9.17, 15) is 4.79 Å². The van der Waals surface area contributed by atoms with Crippen molar-refractivity contribution in [2.75, 3.05) is 11.1 Å². The molecule has 0 aliphatic rings. The molecule has 2 aromatic rings. The molecular weight excluding hydrogens is 254 g/mol.